The summed E-state index contributed by atoms with van der Waals surface area (Å²) in [5, 5.41) is 0. The molecule has 0 fully saturated rings. The van der Waals surface area contributed by atoms with E-state index >= 15 is 0 Å². The van der Waals surface area contributed by atoms with Crippen molar-refractivity contribution in [2.24, 2.45) is 0 Å². The third kappa shape index (κ3) is 2.69. The Morgan fingerprint density at radius 1 is 1.43 bits per heavy atom. The summed E-state index contributed by atoms with van der Waals surface area (Å²) in [5.74, 6) is 0.0254. The molecule has 3 heteroatoms. The summed E-state index contributed by atoms with van der Waals surface area (Å²) in [4.78, 5) is 17.3. The first-order chi connectivity index (χ1) is 6.61. The molecule has 0 atom stereocenters. The molecule has 0 unspecified atom stereocenters. The highest BCUT2D eigenvalue weighted by Crippen LogP contribution is 2.12. The fourth-order valence-electron chi connectivity index (χ4n) is 1.12. The molecule has 1 rings (SSSR count). The number of ketones is 1. The summed E-state index contributed by atoms with van der Waals surface area (Å²) in [6, 6.07) is 5.53. The number of nitrogens with zero attached hydrogens (tertiary/aromatic N) is 2. The van der Waals surface area contributed by atoms with Gasteiger partial charge in [-0.3, -0.25) is 9.78 Å². The first-order valence-electron chi connectivity index (χ1n) is 4.42. The SMILES string of the molecule is CC(=O)/C(=C\N(C)C)c1ccccn1. The zero-order chi connectivity index (χ0) is 10.6. The van der Waals surface area contributed by atoms with Crippen LogP contribution < -0.4 is 0 Å². The average Bonchev–Trinajstić information content (AvgIpc) is 2.15. The predicted octanol–water partition coefficient (Wildman–Crippen LogP) is 1.57. The van der Waals surface area contributed by atoms with Crippen LogP contribution in [0, 0.1) is 0 Å². The lowest BCUT2D eigenvalue weighted by molar-refractivity contribution is -0.111. The molecule has 0 N–H and O–H groups in total. The van der Waals surface area contributed by atoms with Crippen molar-refractivity contribution in [3.05, 3.63) is 36.3 Å². The Labute approximate surface area is 84.1 Å². The van der Waals surface area contributed by atoms with Gasteiger partial charge in [-0.2, -0.15) is 0 Å². The van der Waals surface area contributed by atoms with Crippen LogP contribution in [0.5, 0.6) is 0 Å². The van der Waals surface area contributed by atoms with Gasteiger partial charge in [0.05, 0.1) is 11.3 Å². The molecule has 1 aromatic rings. The molecule has 0 saturated heterocycles. The van der Waals surface area contributed by atoms with E-state index in [0.717, 1.165) is 0 Å². The van der Waals surface area contributed by atoms with E-state index in [0.29, 0.717) is 11.3 Å². The normalized spacial score (nSPS) is 11.2. The van der Waals surface area contributed by atoms with Crippen molar-refractivity contribution in [2.45, 2.75) is 6.92 Å². The minimum Gasteiger partial charge on any atom is -0.383 e. The van der Waals surface area contributed by atoms with E-state index in [1.807, 2.05) is 37.2 Å². The lowest BCUT2D eigenvalue weighted by Crippen LogP contribution is -2.07. The summed E-state index contributed by atoms with van der Waals surface area (Å²) in [6.07, 6.45) is 3.46. The Morgan fingerprint density at radius 2 is 2.14 bits per heavy atom. The van der Waals surface area contributed by atoms with Gasteiger partial charge in [-0.25, -0.2) is 0 Å². The fourth-order valence-corrected chi connectivity index (χ4v) is 1.12. The van der Waals surface area contributed by atoms with Crippen LogP contribution in [0.15, 0.2) is 30.6 Å². The predicted molar refractivity (Wildman–Crippen MR) is 56.6 cm³/mol. The van der Waals surface area contributed by atoms with Gasteiger partial charge in [-0.1, -0.05) is 6.07 Å². The summed E-state index contributed by atoms with van der Waals surface area (Å²) in [5.41, 5.74) is 1.35. The molecule has 1 aromatic heterocycles. The highest BCUT2D eigenvalue weighted by Gasteiger charge is 2.07. The van der Waals surface area contributed by atoms with E-state index in [2.05, 4.69) is 4.98 Å². The molecule has 74 valence electrons. The first kappa shape index (κ1) is 10.4. The number of Topliss-reactive ketones (excluding diaryl/α,β-unsaturated/α-hetero) is 1. The molecule has 14 heavy (non-hydrogen) atoms. The minimum atomic E-state index is 0.0254. The first-order valence-corrected chi connectivity index (χ1v) is 4.42. The molecule has 0 aliphatic heterocycles. The molecule has 0 aliphatic carbocycles. The third-order valence-corrected chi connectivity index (χ3v) is 1.71. The van der Waals surface area contributed by atoms with Gasteiger partial charge >= 0.3 is 0 Å². The Kier molecular flexibility index (Phi) is 3.40. The largest absolute Gasteiger partial charge is 0.383 e. The van der Waals surface area contributed by atoms with Crippen molar-refractivity contribution in [2.75, 3.05) is 14.1 Å². The maximum Gasteiger partial charge on any atom is 0.163 e. The van der Waals surface area contributed by atoms with Crippen LogP contribution in [-0.2, 0) is 4.79 Å². The Hall–Kier alpha value is -1.64. The maximum atomic E-state index is 11.3. The van der Waals surface area contributed by atoms with Gasteiger partial charge in [0.15, 0.2) is 5.78 Å². The van der Waals surface area contributed by atoms with Gasteiger partial charge in [0.2, 0.25) is 0 Å². The molecule has 0 spiro atoms. The maximum absolute atomic E-state index is 11.3. The number of carbonyl (C=O) groups is 1. The number of hydrogen-bond donors (Lipinski definition) is 0. The smallest absolute Gasteiger partial charge is 0.163 e. The van der Waals surface area contributed by atoms with E-state index in [9.17, 15) is 4.79 Å². The summed E-state index contributed by atoms with van der Waals surface area (Å²) in [7, 11) is 3.76. The highest BCUT2D eigenvalue weighted by molar-refractivity contribution is 6.18. The number of aromatic nitrogens is 1. The topological polar surface area (TPSA) is 33.2 Å². The van der Waals surface area contributed by atoms with Crippen LogP contribution in [0.3, 0.4) is 0 Å². The molecule has 0 amide bonds. The number of pyridine rings is 1. The van der Waals surface area contributed by atoms with E-state index in [4.69, 9.17) is 0 Å². The van der Waals surface area contributed by atoms with E-state index in [1.54, 1.807) is 19.3 Å². The second kappa shape index (κ2) is 4.56. The molecular weight excluding hydrogens is 176 g/mol. The van der Waals surface area contributed by atoms with Crippen LogP contribution in [0.2, 0.25) is 0 Å². The minimum absolute atomic E-state index is 0.0254. The van der Waals surface area contributed by atoms with E-state index < -0.39 is 0 Å². The van der Waals surface area contributed by atoms with Crippen molar-refractivity contribution < 1.29 is 4.79 Å². The van der Waals surface area contributed by atoms with Crippen molar-refractivity contribution in [3.63, 3.8) is 0 Å². The molecule has 3 nitrogen and oxygen atoms in total. The molecule has 0 saturated carbocycles. The van der Waals surface area contributed by atoms with Crippen molar-refractivity contribution in [1.82, 2.24) is 9.88 Å². The quantitative estimate of drug-likeness (QED) is 0.678. The van der Waals surface area contributed by atoms with Crippen LogP contribution in [0.4, 0.5) is 0 Å². The molecule has 0 bridgehead atoms. The molecule has 1 heterocycles. The van der Waals surface area contributed by atoms with Crippen molar-refractivity contribution in [1.29, 1.82) is 0 Å². The van der Waals surface area contributed by atoms with Crippen molar-refractivity contribution in [3.8, 4) is 0 Å². The van der Waals surface area contributed by atoms with Crippen LogP contribution in [0.25, 0.3) is 5.57 Å². The average molecular weight is 190 g/mol. The van der Waals surface area contributed by atoms with Crippen LogP contribution in [-0.4, -0.2) is 29.8 Å². The number of rotatable bonds is 3. The van der Waals surface area contributed by atoms with Gasteiger partial charge in [0.1, 0.15) is 0 Å². The zero-order valence-corrected chi connectivity index (χ0v) is 8.69. The van der Waals surface area contributed by atoms with Gasteiger partial charge in [0, 0.05) is 26.5 Å². The molecule has 0 radical (unpaired) electrons. The number of hydrogen-bond acceptors (Lipinski definition) is 3. The lowest BCUT2D eigenvalue weighted by atomic mass is 10.1. The molecular formula is C11H14N2O. The van der Waals surface area contributed by atoms with Gasteiger partial charge in [-0.05, 0) is 19.1 Å². The Balaban J connectivity index is 3.08. The van der Waals surface area contributed by atoms with Crippen LogP contribution in [0.1, 0.15) is 12.6 Å². The fraction of sp³-hybridized carbons (Fsp3) is 0.273. The number of allylic oxidation sites excluding steroid dienone is 1. The Morgan fingerprint density at radius 3 is 2.57 bits per heavy atom. The number of carbonyl (C=O) groups excluding carboxylic acids is 1. The Bertz CT molecular complexity index is 342. The molecule has 0 aliphatic rings. The van der Waals surface area contributed by atoms with Crippen LogP contribution >= 0.6 is 0 Å². The molecule has 0 aromatic carbocycles. The van der Waals surface area contributed by atoms with E-state index in [1.165, 1.54) is 0 Å². The second-order valence-electron chi connectivity index (χ2n) is 3.28. The van der Waals surface area contributed by atoms with Gasteiger partial charge in [0.25, 0.3) is 0 Å². The second-order valence-corrected chi connectivity index (χ2v) is 3.28. The monoisotopic (exact) mass is 190 g/mol. The van der Waals surface area contributed by atoms with Gasteiger partial charge < -0.3 is 4.90 Å². The highest BCUT2D eigenvalue weighted by atomic mass is 16.1. The van der Waals surface area contributed by atoms with Crippen molar-refractivity contribution >= 4 is 11.4 Å². The summed E-state index contributed by atoms with van der Waals surface area (Å²) < 4.78 is 0. The summed E-state index contributed by atoms with van der Waals surface area (Å²) in [6.45, 7) is 1.55. The van der Waals surface area contributed by atoms with E-state index in [-0.39, 0.29) is 5.78 Å². The zero-order valence-electron chi connectivity index (χ0n) is 8.69. The summed E-state index contributed by atoms with van der Waals surface area (Å²) >= 11 is 0. The third-order valence-electron chi connectivity index (χ3n) is 1.71. The lowest BCUT2D eigenvalue weighted by Gasteiger charge is -2.08. The van der Waals surface area contributed by atoms with Gasteiger partial charge in [-0.15, -0.1) is 0 Å². The standard InChI is InChI=1S/C11H14N2O/c1-9(14)10(8-13(2)3)11-6-4-5-7-12-11/h4-8H,1-3H3/b10-8+.